The van der Waals surface area contributed by atoms with Crippen LogP contribution in [0.1, 0.15) is 34.8 Å². The van der Waals surface area contributed by atoms with Gasteiger partial charge in [0, 0.05) is 36.0 Å². The monoisotopic (exact) mass is 397 g/mol. The molecule has 3 rings (SSSR count). The van der Waals surface area contributed by atoms with Crippen LogP contribution < -0.4 is 20.1 Å². The summed E-state index contributed by atoms with van der Waals surface area (Å²) in [6.07, 6.45) is 1.97. The van der Waals surface area contributed by atoms with Crippen LogP contribution in [0.3, 0.4) is 0 Å². The minimum Gasteiger partial charge on any atom is -0.497 e. The van der Waals surface area contributed by atoms with Gasteiger partial charge in [-0.1, -0.05) is 12.1 Å². The van der Waals surface area contributed by atoms with Crippen molar-refractivity contribution in [2.45, 2.75) is 18.9 Å². The van der Waals surface area contributed by atoms with Crippen LogP contribution in [0, 0.1) is 0 Å². The van der Waals surface area contributed by atoms with Gasteiger partial charge in [0.2, 0.25) is 5.91 Å². The molecule has 1 heterocycles. The summed E-state index contributed by atoms with van der Waals surface area (Å²) in [5.41, 5.74) is 2.17. The van der Waals surface area contributed by atoms with Crippen molar-refractivity contribution in [2.24, 2.45) is 0 Å². The Morgan fingerprint density at radius 2 is 1.97 bits per heavy atom. The minimum atomic E-state index is -0.188. The van der Waals surface area contributed by atoms with Gasteiger partial charge >= 0.3 is 0 Å². The summed E-state index contributed by atoms with van der Waals surface area (Å²) < 4.78 is 10.8. The molecular formula is C22H27N3O4. The van der Waals surface area contributed by atoms with E-state index in [2.05, 4.69) is 15.5 Å². The molecule has 1 aliphatic rings. The van der Waals surface area contributed by atoms with Crippen molar-refractivity contribution < 1.29 is 19.1 Å². The zero-order valence-corrected chi connectivity index (χ0v) is 17.0. The van der Waals surface area contributed by atoms with Gasteiger partial charge < -0.3 is 20.1 Å². The molecule has 0 radical (unpaired) electrons. The fraction of sp³-hybridized carbons (Fsp3) is 0.364. The highest BCUT2D eigenvalue weighted by atomic mass is 16.5. The van der Waals surface area contributed by atoms with Gasteiger partial charge in [-0.3, -0.25) is 14.5 Å². The van der Waals surface area contributed by atoms with Crippen LogP contribution in [-0.2, 0) is 4.79 Å². The maximum atomic E-state index is 12.6. The highest BCUT2D eigenvalue weighted by Gasteiger charge is 2.30. The number of methoxy groups -OCH3 is 2. The van der Waals surface area contributed by atoms with E-state index in [9.17, 15) is 9.59 Å². The second-order valence-electron chi connectivity index (χ2n) is 6.94. The molecule has 2 aromatic carbocycles. The summed E-state index contributed by atoms with van der Waals surface area (Å²) in [7, 11) is 4.85. The Bertz CT molecular complexity index is 884. The average Bonchev–Trinajstić information content (AvgIpc) is 3.20. The molecule has 1 aliphatic heterocycles. The summed E-state index contributed by atoms with van der Waals surface area (Å²) in [4.78, 5) is 26.6. The second-order valence-corrected chi connectivity index (χ2v) is 6.94. The summed E-state index contributed by atoms with van der Waals surface area (Å²) in [5.74, 6) is 1.20. The van der Waals surface area contributed by atoms with Gasteiger partial charge in [-0.25, -0.2) is 0 Å². The first-order chi connectivity index (χ1) is 14.0. The summed E-state index contributed by atoms with van der Waals surface area (Å²) >= 11 is 0. The van der Waals surface area contributed by atoms with Crippen molar-refractivity contribution in [2.75, 3.05) is 39.7 Å². The molecule has 0 saturated carbocycles. The molecule has 0 aliphatic carbocycles. The number of carbonyl (C=O) groups excluding carboxylic acids is 2. The number of rotatable bonds is 7. The van der Waals surface area contributed by atoms with Gasteiger partial charge in [0.25, 0.3) is 5.91 Å². The smallest absolute Gasteiger partial charge is 0.251 e. The molecule has 0 unspecified atom stereocenters. The fourth-order valence-electron chi connectivity index (χ4n) is 3.73. The normalized spacial score (nSPS) is 16.3. The fourth-order valence-corrected chi connectivity index (χ4v) is 3.73. The van der Waals surface area contributed by atoms with Gasteiger partial charge in [-0.2, -0.15) is 0 Å². The lowest BCUT2D eigenvalue weighted by molar-refractivity contribution is -0.117. The first kappa shape index (κ1) is 20.7. The molecule has 0 aromatic heterocycles. The van der Waals surface area contributed by atoms with Gasteiger partial charge in [0.15, 0.2) is 0 Å². The number of carbonyl (C=O) groups is 2. The van der Waals surface area contributed by atoms with Crippen molar-refractivity contribution in [3.8, 4) is 11.5 Å². The molecule has 1 atom stereocenters. The Kier molecular flexibility index (Phi) is 6.72. The number of nitrogens with one attached hydrogen (secondary N) is 2. The van der Waals surface area contributed by atoms with E-state index in [-0.39, 0.29) is 24.4 Å². The third kappa shape index (κ3) is 4.86. The third-order valence-electron chi connectivity index (χ3n) is 5.15. The minimum absolute atomic E-state index is 0.110. The summed E-state index contributed by atoms with van der Waals surface area (Å²) in [5, 5.41) is 5.48. The molecule has 7 nitrogen and oxygen atoms in total. The highest BCUT2D eigenvalue weighted by molar-refractivity contribution is 5.97. The molecule has 1 saturated heterocycles. The number of anilines is 1. The van der Waals surface area contributed by atoms with Crippen molar-refractivity contribution in [3.05, 3.63) is 53.6 Å². The number of benzene rings is 2. The van der Waals surface area contributed by atoms with Crippen LogP contribution in [0.2, 0.25) is 0 Å². The van der Waals surface area contributed by atoms with Gasteiger partial charge in [0.1, 0.15) is 11.5 Å². The molecular weight excluding hydrogens is 370 g/mol. The van der Waals surface area contributed by atoms with E-state index in [0.29, 0.717) is 11.3 Å². The van der Waals surface area contributed by atoms with Gasteiger partial charge in [-0.05, 0) is 43.7 Å². The molecule has 154 valence electrons. The van der Waals surface area contributed by atoms with Crippen molar-refractivity contribution in [1.82, 2.24) is 10.2 Å². The number of ether oxygens (including phenoxy) is 2. The molecule has 1 fully saturated rings. The molecule has 0 spiro atoms. The molecule has 0 bridgehead atoms. The number of nitrogens with zero attached hydrogens (tertiary/aromatic N) is 1. The maximum absolute atomic E-state index is 12.6. The number of hydrogen-bond donors (Lipinski definition) is 2. The van der Waals surface area contributed by atoms with Crippen LogP contribution in [0.15, 0.2) is 42.5 Å². The van der Waals surface area contributed by atoms with Crippen molar-refractivity contribution in [3.63, 3.8) is 0 Å². The Morgan fingerprint density at radius 3 is 2.69 bits per heavy atom. The van der Waals surface area contributed by atoms with E-state index >= 15 is 0 Å². The van der Waals surface area contributed by atoms with Crippen LogP contribution in [-0.4, -0.2) is 51.1 Å². The molecule has 2 aromatic rings. The Labute approximate surface area is 171 Å². The van der Waals surface area contributed by atoms with Gasteiger partial charge in [-0.15, -0.1) is 0 Å². The Balaban J connectivity index is 1.70. The van der Waals surface area contributed by atoms with Crippen LogP contribution in [0.5, 0.6) is 11.5 Å². The molecule has 7 heteroatoms. The Morgan fingerprint density at radius 1 is 1.14 bits per heavy atom. The number of amides is 2. The van der Waals surface area contributed by atoms with E-state index in [1.54, 1.807) is 45.5 Å². The first-order valence-electron chi connectivity index (χ1n) is 9.63. The molecule has 29 heavy (non-hydrogen) atoms. The van der Waals surface area contributed by atoms with E-state index in [1.165, 1.54) is 0 Å². The molecule has 2 N–H and O–H groups in total. The third-order valence-corrected chi connectivity index (χ3v) is 5.15. The summed E-state index contributed by atoms with van der Waals surface area (Å²) in [6, 6.07) is 12.8. The maximum Gasteiger partial charge on any atom is 0.251 e. The van der Waals surface area contributed by atoms with Crippen LogP contribution in [0.4, 0.5) is 5.69 Å². The molecule has 2 amide bonds. The average molecular weight is 397 g/mol. The van der Waals surface area contributed by atoms with E-state index in [1.807, 2.05) is 18.2 Å². The predicted molar refractivity (Wildman–Crippen MR) is 112 cm³/mol. The zero-order chi connectivity index (χ0) is 20.8. The standard InChI is InChI=1S/C22H27N3O4/c1-23-22(27)15-6-4-7-16(12-15)24-21(26)14-25-11-5-8-19(25)18-10-9-17(28-2)13-20(18)29-3/h4,6-7,9-10,12-13,19H,5,8,11,14H2,1-3H3,(H,23,27)(H,24,26)/t19-/m1/s1. The second kappa shape index (κ2) is 9.43. The lowest BCUT2D eigenvalue weighted by atomic mass is 10.0. The lowest BCUT2D eigenvalue weighted by Gasteiger charge is -2.26. The van der Waals surface area contributed by atoms with E-state index < -0.39 is 0 Å². The van der Waals surface area contributed by atoms with Gasteiger partial charge in [0.05, 0.1) is 20.8 Å². The summed E-state index contributed by atoms with van der Waals surface area (Å²) in [6.45, 7) is 1.11. The number of likely N-dealkylation sites (tertiary alicyclic amines) is 1. The highest BCUT2D eigenvalue weighted by Crippen LogP contribution is 2.38. The van der Waals surface area contributed by atoms with Crippen LogP contribution >= 0.6 is 0 Å². The zero-order valence-electron chi connectivity index (χ0n) is 17.0. The number of hydrogen-bond acceptors (Lipinski definition) is 5. The van der Waals surface area contributed by atoms with Crippen molar-refractivity contribution in [1.29, 1.82) is 0 Å². The van der Waals surface area contributed by atoms with E-state index in [4.69, 9.17) is 9.47 Å². The topological polar surface area (TPSA) is 79.9 Å². The van der Waals surface area contributed by atoms with E-state index in [0.717, 1.165) is 36.4 Å². The Hall–Kier alpha value is -3.06. The largest absolute Gasteiger partial charge is 0.497 e. The van der Waals surface area contributed by atoms with Crippen LogP contribution in [0.25, 0.3) is 0 Å². The predicted octanol–water partition coefficient (Wildman–Crippen LogP) is 2.84. The first-order valence-corrected chi connectivity index (χ1v) is 9.63. The van der Waals surface area contributed by atoms with Crippen molar-refractivity contribution >= 4 is 17.5 Å². The SMILES string of the molecule is CNC(=O)c1cccc(NC(=O)CN2CCC[C@@H]2c2ccc(OC)cc2OC)c1. The quantitative estimate of drug-likeness (QED) is 0.751. The lowest BCUT2D eigenvalue weighted by Crippen LogP contribution is -2.33.